The maximum Gasteiger partial charge on any atom is 0.315 e. The fourth-order valence-electron chi connectivity index (χ4n) is 1.58. The van der Waals surface area contributed by atoms with E-state index in [1.165, 1.54) is 0 Å². The maximum absolute atomic E-state index is 11.9. The van der Waals surface area contributed by atoms with E-state index in [0.717, 1.165) is 6.42 Å². The highest BCUT2D eigenvalue weighted by molar-refractivity contribution is 5.80. The van der Waals surface area contributed by atoms with E-state index in [9.17, 15) is 18.4 Å². The molecule has 1 aliphatic rings. The predicted molar refractivity (Wildman–Crippen MR) is 49.4 cm³/mol. The van der Waals surface area contributed by atoms with Crippen LogP contribution in [-0.2, 0) is 9.59 Å². The van der Waals surface area contributed by atoms with Gasteiger partial charge in [-0.05, 0) is 13.3 Å². The molecule has 0 bridgehead atoms. The summed E-state index contributed by atoms with van der Waals surface area (Å²) in [5.41, 5.74) is 0. The molecule has 0 aliphatic carbocycles. The molecular weight excluding hydrogens is 206 g/mol. The Balaban J connectivity index is 2.32. The molecule has 1 fully saturated rings. The van der Waals surface area contributed by atoms with Gasteiger partial charge in [-0.25, -0.2) is 0 Å². The summed E-state index contributed by atoms with van der Waals surface area (Å²) < 4.78 is 23.8. The number of hydrogen-bond donors (Lipinski definition) is 1. The number of carbonyl (C=O) groups is 2. The minimum Gasteiger partial charge on any atom is -0.347 e. The van der Waals surface area contributed by atoms with Crippen molar-refractivity contribution in [1.82, 2.24) is 10.2 Å². The molecule has 4 nitrogen and oxygen atoms in total. The molecule has 1 saturated heterocycles. The van der Waals surface area contributed by atoms with Crippen molar-refractivity contribution < 1.29 is 18.4 Å². The van der Waals surface area contributed by atoms with E-state index < -0.39 is 18.4 Å². The molecule has 0 aromatic carbocycles. The zero-order valence-corrected chi connectivity index (χ0v) is 8.50. The predicted octanol–water partition coefficient (Wildman–Crippen LogP) is 0.379. The van der Waals surface area contributed by atoms with Crippen molar-refractivity contribution in [3.63, 3.8) is 0 Å². The molecule has 1 heterocycles. The molecule has 15 heavy (non-hydrogen) atoms. The van der Waals surface area contributed by atoms with E-state index >= 15 is 0 Å². The Morgan fingerprint density at radius 3 is 2.73 bits per heavy atom. The zero-order valence-electron chi connectivity index (χ0n) is 8.50. The number of hydrogen-bond acceptors (Lipinski definition) is 2. The standard InChI is InChI=1S/C9H14F2N2O2/c1-6(12-9(15)8(10)11)5-13-4-2-3-7(13)14/h6,8H,2-5H2,1H3,(H,12,15). The number of amides is 2. The van der Waals surface area contributed by atoms with Gasteiger partial charge in [-0.15, -0.1) is 0 Å². The molecule has 0 aromatic heterocycles. The summed E-state index contributed by atoms with van der Waals surface area (Å²) in [5.74, 6) is -1.26. The van der Waals surface area contributed by atoms with Gasteiger partial charge in [-0.1, -0.05) is 0 Å². The topological polar surface area (TPSA) is 49.4 Å². The Morgan fingerprint density at radius 1 is 1.60 bits per heavy atom. The second-order valence-corrected chi connectivity index (χ2v) is 3.65. The van der Waals surface area contributed by atoms with Crippen LogP contribution in [0.15, 0.2) is 0 Å². The van der Waals surface area contributed by atoms with E-state index in [2.05, 4.69) is 5.32 Å². The van der Waals surface area contributed by atoms with E-state index in [1.807, 2.05) is 0 Å². The Kier molecular flexibility index (Phi) is 3.99. The molecule has 0 saturated carbocycles. The third-order valence-corrected chi connectivity index (χ3v) is 2.25. The molecule has 0 aromatic rings. The highest BCUT2D eigenvalue weighted by atomic mass is 19.3. The van der Waals surface area contributed by atoms with Gasteiger partial charge in [-0.3, -0.25) is 9.59 Å². The van der Waals surface area contributed by atoms with Crippen LogP contribution in [-0.4, -0.2) is 42.3 Å². The second kappa shape index (κ2) is 5.04. The molecule has 1 aliphatic heterocycles. The van der Waals surface area contributed by atoms with E-state index in [0.29, 0.717) is 19.5 Å². The SMILES string of the molecule is CC(CN1CCCC1=O)NC(=O)C(F)F. The molecule has 86 valence electrons. The average Bonchev–Trinajstić information content (AvgIpc) is 2.51. The summed E-state index contributed by atoms with van der Waals surface area (Å²) in [4.78, 5) is 23.4. The number of nitrogens with zero attached hydrogens (tertiary/aromatic N) is 1. The quantitative estimate of drug-likeness (QED) is 0.744. The first kappa shape index (κ1) is 11.9. The monoisotopic (exact) mass is 220 g/mol. The fraction of sp³-hybridized carbons (Fsp3) is 0.778. The molecule has 0 spiro atoms. The summed E-state index contributed by atoms with van der Waals surface area (Å²) in [5, 5.41) is 2.14. The van der Waals surface area contributed by atoms with Crippen molar-refractivity contribution in [1.29, 1.82) is 0 Å². The Morgan fingerprint density at radius 2 is 2.27 bits per heavy atom. The van der Waals surface area contributed by atoms with Crippen LogP contribution >= 0.6 is 0 Å². The van der Waals surface area contributed by atoms with Crippen molar-refractivity contribution in [3.05, 3.63) is 0 Å². The summed E-state index contributed by atoms with van der Waals surface area (Å²) in [7, 11) is 0. The molecule has 1 atom stereocenters. The average molecular weight is 220 g/mol. The van der Waals surface area contributed by atoms with Crippen LogP contribution in [0.3, 0.4) is 0 Å². The molecule has 0 radical (unpaired) electrons. The van der Waals surface area contributed by atoms with Gasteiger partial charge in [0.25, 0.3) is 5.91 Å². The number of alkyl halides is 2. The highest BCUT2D eigenvalue weighted by Gasteiger charge is 2.24. The molecule has 2 amide bonds. The third kappa shape index (κ3) is 3.45. The van der Waals surface area contributed by atoms with Crippen molar-refractivity contribution in [2.45, 2.75) is 32.2 Å². The van der Waals surface area contributed by atoms with Crippen LogP contribution in [0.1, 0.15) is 19.8 Å². The van der Waals surface area contributed by atoms with E-state index in [4.69, 9.17) is 0 Å². The lowest BCUT2D eigenvalue weighted by Crippen LogP contribution is -2.44. The largest absolute Gasteiger partial charge is 0.347 e. The normalized spacial score (nSPS) is 18.4. The van der Waals surface area contributed by atoms with Gasteiger partial charge in [0.1, 0.15) is 0 Å². The Bertz CT molecular complexity index is 258. The third-order valence-electron chi connectivity index (χ3n) is 2.25. The van der Waals surface area contributed by atoms with Crippen molar-refractivity contribution in [3.8, 4) is 0 Å². The number of likely N-dealkylation sites (tertiary alicyclic amines) is 1. The van der Waals surface area contributed by atoms with E-state index in [1.54, 1.807) is 11.8 Å². The fourth-order valence-corrected chi connectivity index (χ4v) is 1.58. The molecular formula is C9H14F2N2O2. The van der Waals surface area contributed by atoms with Gasteiger partial charge >= 0.3 is 6.43 Å². The molecule has 6 heteroatoms. The minimum atomic E-state index is -3.00. The first-order valence-corrected chi connectivity index (χ1v) is 4.87. The van der Waals surface area contributed by atoms with Gasteiger partial charge < -0.3 is 10.2 Å². The van der Waals surface area contributed by atoms with Crippen LogP contribution in [0, 0.1) is 0 Å². The Labute approximate surface area is 86.6 Å². The van der Waals surface area contributed by atoms with Gasteiger partial charge in [0.05, 0.1) is 0 Å². The maximum atomic E-state index is 11.9. The Hall–Kier alpha value is -1.20. The van der Waals surface area contributed by atoms with Crippen LogP contribution in [0.2, 0.25) is 0 Å². The van der Waals surface area contributed by atoms with Gasteiger partial charge in [0.15, 0.2) is 0 Å². The number of halogens is 2. The smallest absolute Gasteiger partial charge is 0.315 e. The van der Waals surface area contributed by atoms with Crippen LogP contribution in [0.4, 0.5) is 8.78 Å². The van der Waals surface area contributed by atoms with Gasteiger partial charge in [0.2, 0.25) is 5.91 Å². The first-order chi connectivity index (χ1) is 7.00. The first-order valence-electron chi connectivity index (χ1n) is 4.87. The molecule has 1 unspecified atom stereocenters. The van der Waals surface area contributed by atoms with Crippen molar-refractivity contribution in [2.24, 2.45) is 0 Å². The van der Waals surface area contributed by atoms with Crippen molar-refractivity contribution >= 4 is 11.8 Å². The van der Waals surface area contributed by atoms with Crippen molar-refractivity contribution in [2.75, 3.05) is 13.1 Å². The second-order valence-electron chi connectivity index (χ2n) is 3.65. The lowest BCUT2D eigenvalue weighted by molar-refractivity contribution is -0.133. The summed E-state index contributed by atoms with van der Waals surface area (Å²) in [6.07, 6.45) is -1.69. The van der Waals surface area contributed by atoms with Gasteiger partial charge in [-0.2, -0.15) is 8.78 Å². The summed E-state index contributed by atoms with van der Waals surface area (Å²) >= 11 is 0. The number of nitrogens with one attached hydrogen (secondary N) is 1. The number of rotatable bonds is 4. The molecule has 1 N–H and O–H groups in total. The highest BCUT2D eigenvalue weighted by Crippen LogP contribution is 2.09. The van der Waals surface area contributed by atoms with Crippen LogP contribution in [0.25, 0.3) is 0 Å². The lowest BCUT2D eigenvalue weighted by Gasteiger charge is -2.21. The van der Waals surface area contributed by atoms with Crippen LogP contribution in [0.5, 0.6) is 0 Å². The van der Waals surface area contributed by atoms with E-state index in [-0.39, 0.29) is 5.91 Å². The molecule has 1 rings (SSSR count). The van der Waals surface area contributed by atoms with Crippen LogP contribution < -0.4 is 5.32 Å². The summed E-state index contributed by atoms with van der Waals surface area (Å²) in [6.45, 7) is 2.55. The lowest BCUT2D eigenvalue weighted by atomic mass is 10.3. The zero-order chi connectivity index (χ0) is 11.4. The van der Waals surface area contributed by atoms with Gasteiger partial charge in [0, 0.05) is 25.6 Å². The minimum absolute atomic E-state index is 0.0214. The summed E-state index contributed by atoms with van der Waals surface area (Å²) in [6, 6.07) is -0.437. The number of carbonyl (C=O) groups excluding carboxylic acids is 2.